The highest BCUT2D eigenvalue weighted by molar-refractivity contribution is 5.81. The number of halogens is 3. The Morgan fingerprint density at radius 1 is 1.12 bits per heavy atom. The molecule has 3 aromatic rings. The molecule has 1 atom stereocenters. The van der Waals surface area contributed by atoms with Gasteiger partial charge >= 0.3 is 12.1 Å². The Kier molecular flexibility index (Phi) is 6.87. The van der Waals surface area contributed by atoms with Crippen LogP contribution >= 0.6 is 0 Å². The lowest BCUT2D eigenvalue weighted by Crippen LogP contribution is -2.43. The van der Waals surface area contributed by atoms with Crippen molar-refractivity contribution in [3.63, 3.8) is 0 Å². The molecule has 1 aromatic carbocycles. The number of carboxylic acids is 1. The van der Waals surface area contributed by atoms with Gasteiger partial charge in [-0.05, 0) is 24.3 Å². The molecule has 0 saturated heterocycles. The number of carbonyl (C=O) groups is 2. The molecule has 1 aliphatic heterocycles. The van der Waals surface area contributed by atoms with E-state index in [2.05, 4.69) is 20.4 Å². The maximum atomic E-state index is 12.2. The van der Waals surface area contributed by atoms with Gasteiger partial charge in [-0.3, -0.25) is 9.78 Å². The summed E-state index contributed by atoms with van der Waals surface area (Å²) in [6.45, 7) is 0.257. The number of pyridine rings is 1. The van der Waals surface area contributed by atoms with E-state index in [1.807, 2.05) is 12.1 Å². The maximum Gasteiger partial charge on any atom is 0.490 e. The Labute approximate surface area is 178 Å². The lowest BCUT2D eigenvalue weighted by Gasteiger charge is -2.25. The number of amides is 1. The number of ether oxygens (including phenoxy) is 2. The summed E-state index contributed by atoms with van der Waals surface area (Å²) in [6.07, 6.45) is -2.52. The normalized spacial score (nSPS) is 14.7. The second-order valence-electron chi connectivity index (χ2n) is 6.13. The monoisotopic (exact) mass is 452 g/mol. The minimum atomic E-state index is -5.08. The van der Waals surface area contributed by atoms with Crippen molar-refractivity contribution >= 4 is 11.9 Å². The van der Waals surface area contributed by atoms with Gasteiger partial charge in [-0.25, -0.2) is 4.79 Å². The van der Waals surface area contributed by atoms with Crippen LogP contribution in [0.1, 0.15) is 5.89 Å². The Morgan fingerprint density at radius 2 is 1.78 bits per heavy atom. The highest BCUT2D eigenvalue weighted by Gasteiger charge is 2.38. The smallest absolute Gasteiger partial charge is 0.485 e. The number of rotatable bonds is 4. The van der Waals surface area contributed by atoms with Crippen LogP contribution in [-0.4, -0.2) is 51.0 Å². The van der Waals surface area contributed by atoms with Crippen LogP contribution in [0.4, 0.5) is 13.2 Å². The van der Waals surface area contributed by atoms with Crippen molar-refractivity contribution in [2.75, 3.05) is 6.61 Å². The average molecular weight is 452 g/mol. The molecule has 32 heavy (non-hydrogen) atoms. The van der Waals surface area contributed by atoms with Crippen LogP contribution in [0.3, 0.4) is 0 Å². The number of para-hydroxylation sites is 2. The summed E-state index contributed by atoms with van der Waals surface area (Å²) >= 11 is 0. The molecule has 1 amide bonds. The summed E-state index contributed by atoms with van der Waals surface area (Å²) < 4.78 is 48.1. The number of aliphatic carboxylic acids is 1. The Balaban J connectivity index is 0.000000360. The second kappa shape index (κ2) is 9.76. The zero-order chi connectivity index (χ0) is 23.1. The van der Waals surface area contributed by atoms with E-state index in [-0.39, 0.29) is 19.1 Å². The molecular weight excluding hydrogens is 437 g/mol. The molecule has 0 spiro atoms. The van der Waals surface area contributed by atoms with Crippen LogP contribution in [-0.2, 0) is 16.1 Å². The number of fused-ring (bicyclic) bond motifs is 1. The quantitative estimate of drug-likeness (QED) is 0.610. The van der Waals surface area contributed by atoms with E-state index >= 15 is 0 Å². The average Bonchev–Trinajstić information content (AvgIpc) is 3.26. The number of carbonyl (C=O) groups excluding carboxylic acids is 1. The molecular formula is C19H15F3N4O6. The standard InChI is InChI=1S/C17H14N4O4.C2HF3O2/c22-17(14-10-23-12-3-1-2-4-13(12)24-14)19-9-15-20-16(21-25-15)11-5-7-18-8-6-11;3-2(4,5)1(6)7/h1-8,14H,9-10H2,(H,19,22);(H,6,7). The van der Waals surface area contributed by atoms with E-state index in [9.17, 15) is 18.0 Å². The van der Waals surface area contributed by atoms with E-state index in [1.54, 1.807) is 36.7 Å². The molecule has 2 N–H and O–H groups in total. The van der Waals surface area contributed by atoms with Crippen LogP contribution in [0.2, 0.25) is 0 Å². The fourth-order valence-electron chi connectivity index (χ4n) is 2.37. The van der Waals surface area contributed by atoms with Crippen LogP contribution in [0, 0.1) is 0 Å². The number of nitrogens with one attached hydrogen (secondary N) is 1. The summed E-state index contributed by atoms with van der Waals surface area (Å²) in [5, 5.41) is 13.7. The minimum absolute atomic E-state index is 0.110. The van der Waals surface area contributed by atoms with Gasteiger partial charge in [0.1, 0.15) is 6.61 Å². The van der Waals surface area contributed by atoms with Gasteiger partial charge in [0.05, 0.1) is 6.54 Å². The number of aromatic nitrogens is 3. The summed E-state index contributed by atoms with van der Waals surface area (Å²) in [5.41, 5.74) is 0.789. The summed E-state index contributed by atoms with van der Waals surface area (Å²) in [4.78, 5) is 29.3. The van der Waals surface area contributed by atoms with Crippen molar-refractivity contribution in [2.45, 2.75) is 18.8 Å². The summed E-state index contributed by atoms with van der Waals surface area (Å²) in [6, 6.07) is 10.8. The third-order valence-corrected chi connectivity index (χ3v) is 3.86. The van der Waals surface area contributed by atoms with Gasteiger partial charge in [0.25, 0.3) is 5.91 Å². The van der Waals surface area contributed by atoms with Crippen molar-refractivity contribution in [2.24, 2.45) is 0 Å². The van der Waals surface area contributed by atoms with Crippen LogP contribution in [0.15, 0.2) is 53.3 Å². The Morgan fingerprint density at radius 3 is 2.44 bits per heavy atom. The number of alkyl halides is 3. The SMILES string of the molecule is O=C(NCc1nc(-c2ccncc2)no1)C1COc2ccccc2O1.O=C(O)C(F)(F)F. The molecule has 0 bridgehead atoms. The van der Waals surface area contributed by atoms with Gasteiger partial charge in [0.2, 0.25) is 17.8 Å². The molecule has 0 saturated carbocycles. The third kappa shape index (κ3) is 5.93. The van der Waals surface area contributed by atoms with Gasteiger partial charge in [0.15, 0.2) is 11.5 Å². The first-order valence-corrected chi connectivity index (χ1v) is 8.93. The lowest BCUT2D eigenvalue weighted by atomic mass is 10.2. The molecule has 168 valence electrons. The minimum Gasteiger partial charge on any atom is -0.485 e. The Bertz CT molecular complexity index is 1070. The van der Waals surface area contributed by atoms with Gasteiger partial charge in [-0.2, -0.15) is 18.2 Å². The molecule has 1 aliphatic rings. The van der Waals surface area contributed by atoms with E-state index in [0.29, 0.717) is 23.2 Å². The zero-order valence-corrected chi connectivity index (χ0v) is 16.1. The molecule has 0 fully saturated rings. The molecule has 13 heteroatoms. The first-order valence-electron chi connectivity index (χ1n) is 8.93. The van der Waals surface area contributed by atoms with Crippen LogP contribution in [0.25, 0.3) is 11.4 Å². The van der Waals surface area contributed by atoms with Crippen molar-refractivity contribution in [3.8, 4) is 22.9 Å². The highest BCUT2D eigenvalue weighted by Crippen LogP contribution is 2.30. The van der Waals surface area contributed by atoms with E-state index in [0.717, 1.165) is 5.56 Å². The number of hydrogen-bond acceptors (Lipinski definition) is 8. The summed E-state index contributed by atoms with van der Waals surface area (Å²) in [5.74, 6) is -1.14. The highest BCUT2D eigenvalue weighted by atomic mass is 19.4. The van der Waals surface area contributed by atoms with Crippen molar-refractivity contribution < 1.29 is 41.9 Å². The van der Waals surface area contributed by atoms with Crippen molar-refractivity contribution in [1.82, 2.24) is 20.4 Å². The van der Waals surface area contributed by atoms with Crippen LogP contribution < -0.4 is 14.8 Å². The van der Waals surface area contributed by atoms with Gasteiger partial charge in [0, 0.05) is 18.0 Å². The number of hydrogen-bond donors (Lipinski definition) is 2. The predicted molar refractivity (Wildman–Crippen MR) is 99.4 cm³/mol. The topological polar surface area (TPSA) is 137 Å². The van der Waals surface area contributed by atoms with Gasteiger partial charge < -0.3 is 24.4 Å². The van der Waals surface area contributed by atoms with E-state index in [1.165, 1.54) is 0 Å². The largest absolute Gasteiger partial charge is 0.490 e. The molecule has 0 radical (unpaired) electrons. The van der Waals surface area contributed by atoms with Crippen LogP contribution in [0.5, 0.6) is 11.5 Å². The molecule has 0 aliphatic carbocycles. The zero-order valence-electron chi connectivity index (χ0n) is 16.1. The molecule has 10 nitrogen and oxygen atoms in total. The van der Waals surface area contributed by atoms with Crippen molar-refractivity contribution in [3.05, 3.63) is 54.7 Å². The third-order valence-electron chi connectivity index (χ3n) is 3.86. The summed E-state index contributed by atoms with van der Waals surface area (Å²) in [7, 11) is 0. The van der Waals surface area contributed by atoms with Gasteiger partial charge in [-0.15, -0.1) is 0 Å². The van der Waals surface area contributed by atoms with E-state index in [4.69, 9.17) is 23.9 Å². The second-order valence-corrected chi connectivity index (χ2v) is 6.13. The van der Waals surface area contributed by atoms with E-state index < -0.39 is 18.2 Å². The lowest BCUT2D eigenvalue weighted by molar-refractivity contribution is -0.192. The molecule has 2 aromatic heterocycles. The first-order chi connectivity index (χ1) is 15.2. The number of nitrogens with zero attached hydrogens (tertiary/aromatic N) is 3. The van der Waals surface area contributed by atoms with Gasteiger partial charge in [-0.1, -0.05) is 17.3 Å². The number of carboxylic acid groups (broad SMARTS) is 1. The number of benzene rings is 1. The molecule has 3 heterocycles. The molecule has 4 rings (SSSR count). The molecule has 1 unspecified atom stereocenters. The first kappa shape index (κ1) is 22.5. The maximum absolute atomic E-state index is 12.2. The fraction of sp³-hybridized carbons (Fsp3) is 0.211. The predicted octanol–water partition coefficient (Wildman–Crippen LogP) is 2.22. The van der Waals surface area contributed by atoms with Crippen molar-refractivity contribution in [1.29, 1.82) is 0 Å². The fourth-order valence-corrected chi connectivity index (χ4v) is 2.37. The Hall–Kier alpha value is -4.16.